The Morgan fingerprint density at radius 3 is 2.43 bits per heavy atom. The SMILES string of the molecule is CC(C)c1nonc1C(=O)N[C@H](c1cn2ncc([C@H](NC(=O)CC34CC(F)C(C3)C4)C3CC3)cc2n1)C1CCC(F)(F)CC1. The van der Waals surface area contributed by atoms with Crippen molar-refractivity contribution in [2.75, 3.05) is 0 Å². The highest BCUT2D eigenvalue weighted by Gasteiger charge is 2.57. The lowest BCUT2D eigenvalue weighted by molar-refractivity contribution is -0.125. The summed E-state index contributed by atoms with van der Waals surface area (Å²) in [6, 6.07) is 1.01. The summed E-state index contributed by atoms with van der Waals surface area (Å²) >= 11 is 0. The molecular formula is C31H38F3N7O3. The zero-order valence-electron chi connectivity index (χ0n) is 24.9. The fraction of sp³-hybridized carbons (Fsp3) is 0.677. The van der Waals surface area contributed by atoms with Gasteiger partial charge in [-0.15, -0.1) is 0 Å². The van der Waals surface area contributed by atoms with Gasteiger partial charge in [0.2, 0.25) is 11.8 Å². The van der Waals surface area contributed by atoms with E-state index in [1.807, 2.05) is 19.9 Å². The predicted molar refractivity (Wildman–Crippen MR) is 151 cm³/mol. The molecule has 236 valence electrons. The Morgan fingerprint density at radius 1 is 1.05 bits per heavy atom. The lowest BCUT2D eigenvalue weighted by Crippen LogP contribution is -2.37. The molecule has 5 aliphatic rings. The Morgan fingerprint density at radius 2 is 1.77 bits per heavy atom. The fourth-order valence-corrected chi connectivity index (χ4v) is 7.74. The summed E-state index contributed by atoms with van der Waals surface area (Å²) in [5.41, 5.74) is 2.16. The van der Waals surface area contributed by atoms with Crippen LogP contribution in [-0.2, 0) is 4.79 Å². The molecule has 13 heteroatoms. The van der Waals surface area contributed by atoms with E-state index in [9.17, 15) is 22.8 Å². The summed E-state index contributed by atoms with van der Waals surface area (Å²) in [7, 11) is 0. The minimum atomic E-state index is -2.73. The van der Waals surface area contributed by atoms with E-state index in [-0.39, 0.29) is 66.5 Å². The van der Waals surface area contributed by atoms with E-state index in [2.05, 4.69) is 26.0 Å². The van der Waals surface area contributed by atoms with Crippen LogP contribution in [0.4, 0.5) is 13.2 Å². The Bertz CT molecular complexity index is 1550. The number of amides is 2. The van der Waals surface area contributed by atoms with E-state index < -0.39 is 24.0 Å². The lowest BCUT2D eigenvalue weighted by atomic mass is 9.67. The van der Waals surface area contributed by atoms with E-state index >= 15 is 0 Å². The minimum absolute atomic E-state index is 0.0571. The van der Waals surface area contributed by atoms with Crippen LogP contribution in [-0.4, -0.2) is 48.8 Å². The van der Waals surface area contributed by atoms with Crippen molar-refractivity contribution in [3.05, 3.63) is 41.1 Å². The number of aromatic nitrogens is 5. The minimum Gasteiger partial charge on any atom is -0.349 e. The van der Waals surface area contributed by atoms with Gasteiger partial charge in [-0.25, -0.2) is 27.3 Å². The number of fused-ring (bicyclic) bond motifs is 2. The second-order valence-corrected chi connectivity index (χ2v) is 14.0. The van der Waals surface area contributed by atoms with Gasteiger partial charge < -0.3 is 10.6 Å². The average Bonchev–Trinajstić information content (AvgIpc) is 3.27. The van der Waals surface area contributed by atoms with Crippen molar-refractivity contribution in [3.63, 3.8) is 0 Å². The molecule has 0 radical (unpaired) electrons. The summed E-state index contributed by atoms with van der Waals surface area (Å²) in [5, 5.41) is 18.4. The molecule has 2 amide bonds. The Labute approximate surface area is 252 Å². The number of carbonyl (C=O) groups excluding carboxylic acids is 2. The Balaban J connectivity index is 1.13. The molecule has 0 saturated heterocycles. The van der Waals surface area contributed by atoms with Crippen molar-refractivity contribution in [2.24, 2.45) is 23.2 Å². The molecule has 3 heterocycles. The van der Waals surface area contributed by atoms with Gasteiger partial charge in [-0.1, -0.05) is 19.0 Å². The first-order chi connectivity index (χ1) is 21.0. The number of alkyl halides is 3. The molecule has 0 aliphatic heterocycles. The highest BCUT2D eigenvalue weighted by Crippen LogP contribution is 2.61. The van der Waals surface area contributed by atoms with Crippen molar-refractivity contribution in [1.29, 1.82) is 0 Å². The summed E-state index contributed by atoms with van der Waals surface area (Å²) in [5.74, 6) is -3.24. The van der Waals surface area contributed by atoms with Gasteiger partial charge >= 0.3 is 0 Å². The van der Waals surface area contributed by atoms with Crippen molar-refractivity contribution >= 4 is 17.5 Å². The fourth-order valence-electron chi connectivity index (χ4n) is 7.74. The highest BCUT2D eigenvalue weighted by molar-refractivity contribution is 5.93. The smallest absolute Gasteiger partial charge is 0.276 e. The highest BCUT2D eigenvalue weighted by atomic mass is 19.3. The lowest BCUT2D eigenvalue weighted by Gasteiger charge is -2.37. The number of nitrogens with zero attached hydrogens (tertiary/aromatic N) is 5. The van der Waals surface area contributed by atoms with E-state index in [0.717, 1.165) is 31.2 Å². The van der Waals surface area contributed by atoms with Crippen molar-refractivity contribution < 1.29 is 27.4 Å². The van der Waals surface area contributed by atoms with Crippen LogP contribution in [0.1, 0.15) is 123 Å². The number of hydrogen-bond acceptors (Lipinski definition) is 7. The van der Waals surface area contributed by atoms with E-state index in [1.165, 1.54) is 0 Å². The van der Waals surface area contributed by atoms with Crippen molar-refractivity contribution in [2.45, 2.75) is 108 Å². The number of rotatable bonds is 10. The predicted octanol–water partition coefficient (Wildman–Crippen LogP) is 5.63. The summed E-state index contributed by atoms with van der Waals surface area (Å²) in [6.45, 7) is 3.74. The van der Waals surface area contributed by atoms with Gasteiger partial charge in [0.1, 0.15) is 11.9 Å². The third-order valence-corrected chi connectivity index (χ3v) is 10.3. The van der Waals surface area contributed by atoms with E-state index in [4.69, 9.17) is 9.61 Å². The van der Waals surface area contributed by atoms with Crippen LogP contribution in [0, 0.1) is 23.2 Å². The van der Waals surface area contributed by atoms with Crippen LogP contribution in [0.2, 0.25) is 0 Å². The average molecular weight is 614 g/mol. The molecule has 3 atom stereocenters. The van der Waals surface area contributed by atoms with Gasteiger partial charge in [0.15, 0.2) is 11.3 Å². The van der Waals surface area contributed by atoms with E-state index in [1.54, 1.807) is 16.9 Å². The maximum absolute atomic E-state index is 14.1. The number of carbonyl (C=O) groups is 2. The van der Waals surface area contributed by atoms with Gasteiger partial charge in [0.25, 0.3) is 5.91 Å². The molecule has 0 aromatic carbocycles. The van der Waals surface area contributed by atoms with Crippen LogP contribution in [0.5, 0.6) is 0 Å². The third-order valence-electron chi connectivity index (χ3n) is 10.3. The van der Waals surface area contributed by atoms with Crippen molar-refractivity contribution in [1.82, 2.24) is 35.5 Å². The Kier molecular flexibility index (Phi) is 7.19. The molecule has 5 fully saturated rings. The first-order valence-corrected chi connectivity index (χ1v) is 15.8. The quantitative estimate of drug-likeness (QED) is 0.304. The Hall–Kier alpha value is -3.51. The maximum atomic E-state index is 14.1. The van der Waals surface area contributed by atoms with Gasteiger partial charge in [0, 0.05) is 25.2 Å². The van der Waals surface area contributed by atoms with Gasteiger partial charge in [-0.05, 0) is 84.9 Å². The number of hydrogen-bond donors (Lipinski definition) is 2. The number of nitrogens with one attached hydrogen (secondary N) is 2. The molecular weight excluding hydrogens is 575 g/mol. The largest absolute Gasteiger partial charge is 0.349 e. The molecule has 0 spiro atoms. The number of halogens is 3. The van der Waals surface area contributed by atoms with Gasteiger partial charge in [0.05, 0.1) is 30.2 Å². The molecule has 8 rings (SSSR count). The third kappa shape index (κ3) is 5.58. The standard InChI is InChI=1S/C31H38F3N7O3/c1-16(2)25-28(40-44-39-25)29(43)38-27(18-5-7-31(33,34)8-6-18)22-15-41-23(36-22)9-19(14-35-41)26(17-3-4-17)37-24(42)13-30-10-20(11-30)21(32)12-30/h9,14-18,20-21,26-27H,3-8,10-13H2,1-2H3,(H,37,42)(H,38,43)/t20?,21?,26-,27+,30?/m1/s1. The molecule has 44 heavy (non-hydrogen) atoms. The second kappa shape index (κ2) is 10.8. The molecule has 3 aromatic heterocycles. The molecule has 3 aromatic rings. The van der Waals surface area contributed by atoms with Crippen LogP contribution >= 0.6 is 0 Å². The molecule has 10 nitrogen and oxygen atoms in total. The molecule has 2 N–H and O–H groups in total. The van der Waals surface area contributed by atoms with Crippen molar-refractivity contribution in [3.8, 4) is 0 Å². The van der Waals surface area contributed by atoms with Crippen LogP contribution in [0.25, 0.3) is 5.65 Å². The summed E-state index contributed by atoms with van der Waals surface area (Å²) in [6.07, 6.45) is 6.96. The first-order valence-electron chi connectivity index (χ1n) is 15.8. The molecule has 5 aliphatic carbocycles. The summed E-state index contributed by atoms with van der Waals surface area (Å²) < 4.78 is 48.7. The zero-order valence-corrected chi connectivity index (χ0v) is 24.9. The first kappa shape index (κ1) is 29.2. The van der Waals surface area contributed by atoms with Gasteiger partial charge in [-0.3, -0.25) is 9.59 Å². The monoisotopic (exact) mass is 613 g/mol. The van der Waals surface area contributed by atoms with Crippen LogP contribution in [0.3, 0.4) is 0 Å². The van der Waals surface area contributed by atoms with Crippen LogP contribution < -0.4 is 10.6 Å². The number of imidazole rings is 1. The molecule has 2 bridgehead atoms. The summed E-state index contributed by atoms with van der Waals surface area (Å²) in [4.78, 5) is 31.3. The normalized spacial score (nSPS) is 27.7. The topological polar surface area (TPSA) is 127 Å². The second-order valence-electron chi connectivity index (χ2n) is 14.0. The van der Waals surface area contributed by atoms with Crippen LogP contribution in [0.15, 0.2) is 23.1 Å². The molecule has 5 saturated carbocycles. The molecule has 1 unspecified atom stereocenters. The van der Waals surface area contributed by atoms with Gasteiger partial charge in [-0.2, -0.15) is 5.10 Å². The van der Waals surface area contributed by atoms with E-state index in [0.29, 0.717) is 35.8 Å². The maximum Gasteiger partial charge on any atom is 0.276 e. The zero-order chi connectivity index (χ0) is 30.8.